The topological polar surface area (TPSA) is 146 Å². The largest absolute Gasteiger partial charge is 0.400 e. The number of nitrogens with zero attached hydrogens (tertiary/aromatic N) is 3. The van der Waals surface area contributed by atoms with Crippen molar-refractivity contribution in [1.82, 2.24) is 14.5 Å². The highest BCUT2D eigenvalue weighted by molar-refractivity contribution is 6.08. The molecule has 0 spiro atoms. The number of hydrogen-bond donors (Lipinski definition) is 4. The quantitative estimate of drug-likeness (QED) is 0.598. The summed E-state index contributed by atoms with van der Waals surface area (Å²) in [6, 6.07) is 0.280. The standard InChI is InChI=1S/C14H20N6O.C2H2.CH4O/c1-7-18-12(16)11-10(13(17)21)6-20(14(11)19-7)9-3-2-8(4-9)5-15;2*1-2/h6,8-9H,2-5,15H2,1H3,(H2,17,21)(H2,16,18,19);1-2H;2H,1H3. The summed E-state index contributed by atoms with van der Waals surface area (Å²) < 4.78 is 2.02. The van der Waals surface area contributed by atoms with Gasteiger partial charge in [-0.25, -0.2) is 9.97 Å². The van der Waals surface area contributed by atoms with Gasteiger partial charge in [-0.15, -0.1) is 12.8 Å². The lowest BCUT2D eigenvalue weighted by atomic mass is 10.1. The molecule has 1 aliphatic rings. The van der Waals surface area contributed by atoms with Gasteiger partial charge in [-0.2, -0.15) is 0 Å². The second-order valence-electron chi connectivity index (χ2n) is 5.74. The maximum Gasteiger partial charge on any atom is 0.251 e. The first-order chi connectivity index (χ1) is 12.0. The van der Waals surface area contributed by atoms with E-state index in [1.165, 1.54) is 0 Å². The van der Waals surface area contributed by atoms with Crippen molar-refractivity contribution in [3.63, 3.8) is 0 Å². The summed E-state index contributed by atoms with van der Waals surface area (Å²) in [4.78, 5) is 20.3. The zero-order valence-electron chi connectivity index (χ0n) is 14.6. The molecule has 8 heteroatoms. The predicted octanol–water partition coefficient (Wildman–Crippen LogP) is 0.579. The number of amides is 1. The van der Waals surface area contributed by atoms with Crippen LogP contribution in [0.25, 0.3) is 11.0 Å². The van der Waals surface area contributed by atoms with Gasteiger partial charge in [-0.1, -0.05) is 0 Å². The molecule has 1 amide bonds. The van der Waals surface area contributed by atoms with Crippen molar-refractivity contribution in [3.8, 4) is 12.8 Å². The van der Waals surface area contributed by atoms with E-state index >= 15 is 0 Å². The third kappa shape index (κ3) is 4.07. The molecule has 0 saturated heterocycles. The van der Waals surface area contributed by atoms with E-state index in [1.807, 2.05) is 4.57 Å². The van der Waals surface area contributed by atoms with Gasteiger partial charge in [0.1, 0.15) is 17.3 Å². The van der Waals surface area contributed by atoms with E-state index in [0.717, 1.165) is 26.4 Å². The first-order valence-electron chi connectivity index (χ1n) is 7.93. The van der Waals surface area contributed by atoms with Crippen molar-refractivity contribution < 1.29 is 9.90 Å². The summed E-state index contributed by atoms with van der Waals surface area (Å²) in [5.74, 6) is 0.901. The molecule has 25 heavy (non-hydrogen) atoms. The van der Waals surface area contributed by atoms with E-state index in [-0.39, 0.29) is 6.04 Å². The Morgan fingerprint density at radius 2 is 2.00 bits per heavy atom. The van der Waals surface area contributed by atoms with Crippen LogP contribution >= 0.6 is 0 Å². The SMILES string of the molecule is C#C.CO.Cc1nc(N)c2c(C(N)=O)cn(C3CCC(CN)C3)c2n1. The van der Waals surface area contributed by atoms with Crippen LogP contribution in [0.3, 0.4) is 0 Å². The van der Waals surface area contributed by atoms with Crippen molar-refractivity contribution in [2.45, 2.75) is 32.2 Å². The Hall–Kier alpha value is -2.63. The highest BCUT2D eigenvalue weighted by Crippen LogP contribution is 2.37. The van der Waals surface area contributed by atoms with Gasteiger partial charge in [0.15, 0.2) is 0 Å². The molecule has 2 atom stereocenters. The van der Waals surface area contributed by atoms with Crippen molar-refractivity contribution >= 4 is 22.8 Å². The molecule has 7 N–H and O–H groups in total. The van der Waals surface area contributed by atoms with Crippen molar-refractivity contribution in [2.75, 3.05) is 19.4 Å². The monoisotopic (exact) mass is 346 g/mol. The lowest BCUT2D eigenvalue weighted by molar-refractivity contribution is 0.100. The smallest absolute Gasteiger partial charge is 0.251 e. The fraction of sp³-hybridized carbons (Fsp3) is 0.471. The minimum absolute atomic E-state index is 0.280. The van der Waals surface area contributed by atoms with Crippen molar-refractivity contribution in [1.29, 1.82) is 0 Å². The highest BCUT2D eigenvalue weighted by atomic mass is 16.2. The summed E-state index contributed by atoms with van der Waals surface area (Å²) in [6.07, 6.45) is 12.9. The Morgan fingerprint density at radius 3 is 2.52 bits per heavy atom. The van der Waals surface area contributed by atoms with E-state index in [2.05, 4.69) is 22.8 Å². The molecule has 8 nitrogen and oxygen atoms in total. The number of aryl methyl sites for hydroxylation is 1. The Bertz CT molecular complexity index is 752. The van der Waals surface area contributed by atoms with Crippen LogP contribution in [0.15, 0.2) is 6.20 Å². The maximum atomic E-state index is 11.7. The number of terminal acetylenes is 1. The van der Waals surface area contributed by atoms with Crippen molar-refractivity contribution in [3.05, 3.63) is 17.6 Å². The third-order valence-corrected chi connectivity index (χ3v) is 4.32. The van der Waals surface area contributed by atoms with Crippen LogP contribution in [0.4, 0.5) is 5.82 Å². The van der Waals surface area contributed by atoms with Gasteiger partial charge < -0.3 is 26.9 Å². The molecule has 136 valence electrons. The molecule has 1 fully saturated rings. The van der Waals surface area contributed by atoms with Crippen LogP contribution in [0.1, 0.15) is 41.5 Å². The van der Waals surface area contributed by atoms with E-state index in [0.29, 0.717) is 40.7 Å². The molecule has 2 heterocycles. The normalized spacial score (nSPS) is 18.8. The molecule has 3 rings (SSSR count). The molecule has 0 radical (unpaired) electrons. The zero-order valence-corrected chi connectivity index (χ0v) is 14.6. The number of primary amides is 1. The van der Waals surface area contributed by atoms with Crippen LogP contribution in [-0.2, 0) is 0 Å². The Labute approximate surface area is 147 Å². The number of nitrogen functional groups attached to an aromatic ring is 1. The number of aromatic nitrogens is 3. The fourth-order valence-corrected chi connectivity index (χ4v) is 3.27. The number of aliphatic hydroxyl groups excluding tert-OH is 1. The molecular weight excluding hydrogens is 320 g/mol. The Kier molecular flexibility index (Phi) is 7.36. The number of hydrogen-bond acceptors (Lipinski definition) is 6. The van der Waals surface area contributed by atoms with E-state index in [1.54, 1.807) is 13.1 Å². The fourth-order valence-electron chi connectivity index (χ4n) is 3.27. The zero-order chi connectivity index (χ0) is 19.1. The number of rotatable bonds is 3. The van der Waals surface area contributed by atoms with Crippen LogP contribution in [0.2, 0.25) is 0 Å². The summed E-state index contributed by atoms with van der Waals surface area (Å²) in [7, 11) is 1.00. The summed E-state index contributed by atoms with van der Waals surface area (Å²) in [5.41, 5.74) is 18.3. The molecule has 0 bridgehead atoms. The molecule has 1 saturated carbocycles. The number of fused-ring (bicyclic) bond motifs is 1. The molecular formula is C17H26N6O2. The second kappa shape index (κ2) is 9.01. The van der Waals surface area contributed by atoms with Gasteiger partial charge in [0.05, 0.1) is 10.9 Å². The molecule has 0 aliphatic heterocycles. The average Bonchev–Trinajstić information content (AvgIpc) is 3.22. The van der Waals surface area contributed by atoms with E-state index in [9.17, 15) is 4.79 Å². The van der Waals surface area contributed by atoms with Crippen molar-refractivity contribution in [2.24, 2.45) is 17.4 Å². The summed E-state index contributed by atoms with van der Waals surface area (Å²) >= 11 is 0. The van der Waals surface area contributed by atoms with Gasteiger partial charge >= 0.3 is 0 Å². The van der Waals surface area contributed by atoms with Crippen LogP contribution in [-0.4, -0.2) is 39.2 Å². The van der Waals surface area contributed by atoms with Gasteiger partial charge in [-0.05, 0) is 38.6 Å². The van der Waals surface area contributed by atoms with Gasteiger partial charge in [-0.3, -0.25) is 4.79 Å². The number of carbonyl (C=O) groups excluding carboxylic acids is 1. The van der Waals surface area contributed by atoms with Gasteiger partial charge in [0, 0.05) is 19.3 Å². The first-order valence-corrected chi connectivity index (χ1v) is 7.93. The third-order valence-electron chi connectivity index (χ3n) is 4.32. The first kappa shape index (κ1) is 20.4. The number of nitrogens with two attached hydrogens (primary N) is 3. The molecule has 1 aliphatic carbocycles. The van der Waals surface area contributed by atoms with Crippen LogP contribution in [0, 0.1) is 25.7 Å². The molecule has 2 aromatic heterocycles. The molecule has 2 unspecified atom stereocenters. The predicted molar refractivity (Wildman–Crippen MR) is 98.7 cm³/mol. The molecule has 2 aromatic rings. The number of aliphatic hydroxyl groups is 1. The van der Waals surface area contributed by atoms with E-state index < -0.39 is 5.91 Å². The highest BCUT2D eigenvalue weighted by Gasteiger charge is 2.28. The average molecular weight is 346 g/mol. The maximum absolute atomic E-state index is 11.7. The lowest BCUT2D eigenvalue weighted by Gasteiger charge is -2.14. The second-order valence-corrected chi connectivity index (χ2v) is 5.74. The van der Waals surface area contributed by atoms with E-state index in [4.69, 9.17) is 22.3 Å². The summed E-state index contributed by atoms with van der Waals surface area (Å²) in [5, 5.41) is 7.56. The Balaban J connectivity index is 0.000000730. The summed E-state index contributed by atoms with van der Waals surface area (Å²) in [6.45, 7) is 2.48. The molecule has 0 aromatic carbocycles. The van der Waals surface area contributed by atoms with Gasteiger partial charge in [0.2, 0.25) is 0 Å². The van der Waals surface area contributed by atoms with Crippen LogP contribution < -0.4 is 17.2 Å². The van der Waals surface area contributed by atoms with Crippen LogP contribution in [0.5, 0.6) is 0 Å². The minimum atomic E-state index is -0.508. The lowest BCUT2D eigenvalue weighted by Crippen LogP contribution is -2.12. The number of carbonyl (C=O) groups is 1. The number of anilines is 1. The Morgan fingerprint density at radius 1 is 1.36 bits per heavy atom. The minimum Gasteiger partial charge on any atom is -0.400 e. The van der Waals surface area contributed by atoms with Gasteiger partial charge in [0.25, 0.3) is 5.91 Å².